The summed E-state index contributed by atoms with van der Waals surface area (Å²) >= 11 is 0. The van der Waals surface area contributed by atoms with Crippen molar-refractivity contribution < 1.29 is 9.59 Å². The molecule has 0 aliphatic heterocycles. The third-order valence-electron chi connectivity index (χ3n) is 26.4. The molecule has 2 atom stereocenters. The molecule has 0 aliphatic rings. The van der Waals surface area contributed by atoms with Crippen LogP contribution in [0.2, 0.25) is 0 Å². The number of unbranched alkanes of at least 4 members (excludes halogenated alkanes) is 70. The van der Waals surface area contributed by atoms with Gasteiger partial charge in [0.05, 0.1) is 11.4 Å². The maximum atomic E-state index is 13.8. The van der Waals surface area contributed by atoms with Crippen LogP contribution < -0.4 is 32.4 Å². The van der Waals surface area contributed by atoms with Crippen molar-refractivity contribution in [1.82, 2.24) is 30.6 Å². The Balaban J connectivity index is 1.96. The summed E-state index contributed by atoms with van der Waals surface area (Å²) in [6, 6.07) is -0.559. The summed E-state index contributed by atoms with van der Waals surface area (Å²) in [6.45, 7) is 15.0. The molecule has 690 valence electrons. The smallest absolute Gasteiger partial charge is 0.321 e. The number of hydrogen-bond donors (Lipinski definition) is 6. The number of carbonyl (C=O) groups excluding carboxylic acids is 2. The van der Waals surface area contributed by atoms with Gasteiger partial charge in [-0.25, -0.2) is 19.6 Å². The highest BCUT2D eigenvalue weighted by atomic mass is 16.2. The molecule has 0 saturated heterocycles. The van der Waals surface area contributed by atoms with Crippen molar-refractivity contribution in [2.75, 3.05) is 23.7 Å². The summed E-state index contributed by atoms with van der Waals surface area (Å²) < 4.78 is 0. The number of nitrogens with zero attached hydrogens (tertiary/aromatic N) is 2. The summed E-state index contributed by atoms with van der Waals surface area (Å²) in [5.41, 5.74) is 3.28. The highest BCUT2D eigenvalue weighted by Crippen LogP contribution is 2.35. The first kappa shape index (κ1) is 110. The number of carbonyl (C=O) groups is 2. The first-order valence-corrected chi connectivity index (χ1v) is 53.5. The molecule has 2 aromatic heterocycles. The lowest BCUT2D eigenvalue weighted by Gasteiger charge is -2.28. The van der Waals surface area contributed by atoms with Crippen molar-refractivity contribution >= 4 is 24.0 Å². The van der Waals surface area contributed by atoms with E-state index in [4.69, 9.17) is 9.97 Å². The van der Waals surface area contributed by atoms with E-state index < -0.39 is 0 Å². The minimum absolute atomic E-state index is 0.0795. The molecule has 0 fully saturated rings. The number of anilines is 2. The van der Waals surface area contributed by atoms with Gasteiger partial charge in [-0.3, -0.25) is 30.2 Å². The van der Waals surface area contributed by atoms with E-state index in [0.717, 1.165) is 137 Å². The van der Waals surface area contributed by atoms with Crippen molar-refractivity contribution in [2.45, 2.75) is 594 Å². The molecule has 118 heavy (non-hydrogen) atoms. The number of aryl methyl sites for hydroxylation is 2. The van der Waals surface area contributed by atoms with E-state index in [1.54, 1.807) is 0 Å². The molecule has 0 bridgehead atoms. The molecule has 2 unspecified atom stereocenters. The molecule has 0 saturated carbocycles. The number of rotatable bonds is 93. The Labute approximate surface area is 732 Å². The van der Waals surface area contributed by atoms with E-state index in [1.165, 1.54) is 449 Å². The summed E-state index contributed by atoms with van der Waals surface area (Å²) in [6.07, 6.45) is 110. The average Bonchev–Trinajstić information content (AvgIpc) is 0.833. The lowest BCUT2D eigenvalue weighted by atomic mass is 9.78. The first-order chi connectivity index (χ1) is 58.2. The molecule has 0 spiro atoms. The van der Waals surface area contributed by atoms with Crippen LogP contribution >= 0.6 is 0 Å². The van der Waals surface area contributed by atoms with E-state index in [-0.39, 0.29) is 35.1 Å². The summed E-state index contributed by atoms with van der Waals surface area (Å²) in [5.74, 6) is 2.21. The second kappa shape index (κ2) is 86.8. The Bertz CT molecular complexity index is 2410. The van der Waals surface area contributed by atoms with Crippen molar-refractivity contribution in [2.24, 2.45) is 11.8 Å². The molecule has 12 heteroatoms. The molecule has 0 aromatic carbocycles. The zero-order valence-electron chi connectivity index (χ0n) is 79.9. The molecule has 0 radical (unpaired) electrons. The van der Waals surface area contributed by atoms with Crippen molar-refractivity contribution in [1.29, 1.82) is 0 Å². The molecular weight excluding hydrogens is 1450 g/mol. The van der Waals surface area contributed by atoms with Crippen molar-refractivity contribution in [3.05, 3.63) is 43.2 Å². The fourth-order valence-corrected chi connectivity index (χ4v) is 18.5. The van der Waals surface area contributed by atoms with Gasteiger partial charge in [0.2, 0.25) is 11.9 Å². The van der Waals surface area contributed by atoms with Gasteiger partial charge in [0.25, 0.3) is 11.1 Å². The maximum absolute atomic E-state index is 13.8. The van der Waals surface area contributed by atoms with Gasteiger partial charge in [-0.2, -0.15) is 0 Å². The lowest BCUT2D eigenvalue weighted by molar-refractivity contribution is 0.236. The van der Waals surface area contributed by atoms with Crippen LogP contribution in [0.5, 0.6) is 0 Å². The Morgan fingerprint density at radius 3 is 0.602 bits per heavy atom. The highest BCUT2D eigenvalue weighted by molar-refractivity contribution is 5.87. The predicted octanol–water partition coefficient (Wildman–Crippen LogP) is 34.3. The van der Waals surface area contributed by atoms with Crippen LogP contribution in [0.3, 0.4) is 0 Å². The molecule has 2 rings (SSSR count). The van der Waals surface area contributed by atoms with Gasteiger partial charge in [-0.1, -0.05) is 530 Å². The average molecular weight is 1650 g/mol. The molecule has 4 amide bonds. The summed E-state index contributed by atoms with van der Waals surface area (Å²) in [5, 5.41) is 12.1. The van der Waals surface area contributed by atoms with Gasteiger partial charge in [0, 0.05) is 24.2 Å². The number of hydrogen-bond acceptors (Lipinski definition) is 6. The van der Waals surface area contributed by atoms with Crippen LogP contribution in [0.25, 0.3) is 0 Å². The van der Waals surface area contributed by atoms with Crippen LogP contribution in [0.4, 0.5) is 21.5 Å². The molecular formula is C106H202N8O4. The maximum Gasteiger partial charge on any atom is 0.321 e. The highest BCUT2D eigenvalue weighted by Gasteiger charge is 2.22. The van der Waals surface area contributed by atoms with Crippen LogP contribution in [-0.4, -0.2) is 45.1 Å². The van der Waals surface area contributed by atoms with Crippen LogP contribution in [0.1, 0.15) is 591 Å². The monoisotopic (exact) mass is 1650 g/mol. The second-order valence-corrected chi connectivity index (χ2v) is 37.6. The van der Waals surface area contributed by atoms with Gasteiger partial charge in [-0.05, 0) is 76.0 Å². The zero-order valence-corrected chi connectivity index (χ0v) is 79.9. The van der Waals surface area contributed by atoms with Crippen molar-refractivity contribution in [3.8, 4) is 0 Å². The molecule has 2 heterocycles. The van der Waals surface area contributed by atoms with E-state index in [1.807, 2.05) is 0 Å². The molecule has 2 aromatic rings. The number of urea groups is 2. The topological polar surface area (TPSA) is 174 Å². The normalized spacial score (nSPS) is 12.2. The number of amides is 4. The van der Waals surface area contributed by atoms with Gasteiger partial charge in [0.1, 0.15) is 0 Å². The predicted molar refractivity (Wildman–Crippen MR) is 518 cm³/mol. The SMILES string of the molecule is CCCCCCCCCCCCCCCc1nc(NC(=O)NCCCCCCCCC(CCCCCCCCCC)C(CCCCCCCCCC)CCCCCCCCNC(=O)Nc2nc(CCCCCCCCCCCCCCC)c(CCCCCCCCCCCCCC)c(=O)[nH]2)[nH]c(=O)c1CCCCCCCCCCCCCC. The number of aromatic amines is 2. The first-order valence-electron chi connectivity index (χ1n) is 53.5. The van der Waals surface area contributed by atoms with Gasteiger partial charge >= 0.3 is 12.1 Å². The summed E-state index contributed by atoms with van der Waals surface area (Å²) in [7, 11) is 0. The van der Waals surface area contributed by atoms with Gasteiger partial charge in [0.15, 0.2) is 0 Å². The minimum atomic E-state index is -0.280. The Morgan fingerprint density at radius 2 is 0.398 bits per heavy atom. The van der Waals surface area contributed by atoms with E-state index in [0.29, 0.717) is 13.1 Å². The van der Waals surface area contributed by atoms with Crippen LogP contribution in [-0.2, 0) is 25.7 Å². The second-order valence-electron chi connectivity index (χ2n) is 37.6. The number of aromatic nitrogens is 4. The van der Waals surface area contributed by atoms with Gasteiger partial charge < -0.3 is 10.6 Å². The summed E-state index contributed by atoms with van der Waals surface area (Å²) in [4.78, 5) is 70.1. The van der Waals surface area contributed by atoms with E-state index in [2.05, 4.69) is 72.8 Å². The molecule has 0 aliphatic carbocycles. The Morgan fingerprint density at radius 1 is 0.229 bits per heavy atom. The number of nitrogens with one attached hydrogen (secondary N) is 6. The quantitative estimate of drug-likeness (QED) is 0.0360. The third kappa shape index (κ3) is 68.7. The van der Waals surface area contributed by atoms with Crippen LogP contribution in [0.15, 0.2) is 9.59 Å². The van der Waals surface area contributed by atoms with Crippen LogP contribution in [0, 0.1) is 11.8 Å². The largest absolute Gasteiger partial charge is 0.338 e. The molecule has 6 N–H and O–H groups in total. The minimum Gasteiger partial charge on any atom is -0.338 e. The van der Waals surface area contributed by atoms with Crippen molar-refractivity contribution in [3.63, 3.8) is 0 Å². The Kier molecular flexibility index (Phi) is 81.2. The van der Waals surface area contributed by atoms with E-state index in [9.17, 15) is 19.2 Å². The fraction of sp³-hybridized carbons (Fsp3) is 0.906. The fourth-order valence-electron chi connectivity index (χ4n) is 18.5. The lowest BCUT2D eigenvalue weighted by Crippen LogP contribution is -2.32. The Hall–Kier alpha value is -3.70. The molecule has 12 nitrogen and oxygen atoms in total. The van der Waals surface area contributed by atoms with E-state index >= 15 is 0 Å². The standard InChI is InChI=1S/C106H202N8O4/c1-7-13-19-25-31-37-41-45-49-53-59-71-81-91-99-97(89-79-69-57-51-47-43-39-33-27-21-15-9-3)101(115)111-103(109-99)113-105(117)107-93-83-73-63-61-67-77-87-95(85-75-65-55-35-29-23-17-11-5)96(86-76-66-56-36-30-24-18-12-6)88-78-68-62-64-74-84-94-108-106(118)114-104-110-100(92-82-72-60-54-50-46-42-38-32-26-20-14-8-2)98(102(116)112-104)90-80-70-58-52-48-44-40-34-28-22-16-10-4/h95-96H,7-94H2,1-6H3,(H3,107,109,111,113,115,117)(H3,108,110,112,114,116,118). The zero-order chi connectivity index (χ0) is 84.8. The van der Waals surface area contributed by atoms with Gasteiger partial charge in [-0.15, -0.1) is 0 Å². The third-order valence-corrected chi connectivity index (χ3v) is 26.4. The number of H-pyrrole nitrogens is 2.